The van der Waals surface area contributed by atoms with E-state index < -0.39 is 12.0 Å². The molecule has 10 nitrogen and oxygen atoms in total. The maximum absolute atomic E-state index is 13.9. The van der Waals surface area contributed by atoms with Crippen molar-refractivity contribution in [2.45, 2.75) is 44.9 Å². The summed E-state index contributed by atoms with van der Waals surface area (Å²) in [5, 5.41) is 15.0. The number of para-hydroxylation sites is 1. The van der Waals surface area contributed by atoms with E-state index in [1.807, 2.05) is 66.4 Å². The lowest BCUT2D eigenvalue weighted by Crippen LogP contribution is -2.46. The lowest BCUT2D eigenvalue weighted by molar-refractivity contribution is -0.135. The average Bonchev–Trinajstić information content (AvgIpc) is 3.49. The highest BCUT2D eigenvalue weighted by molar-refractivity contribution is 6.01. The van der Waals surface area contributed by atoms with Crippen molar-refractivity contribution >= 4 is 29.3 Å². The average molecular weight is 638 g/mol. The predicted octanol–water partition coefficient (Wildman–Crippen LogP) is 6.54. The van der Waals surface area contributed by atoms with Crippen molar-refractivity contribution in [1.82, 2.24) is 4.90 Å². The van der Waals surface area contributed by atoms with Gasteiger partial charge in [-0.25, -0.2) is 9.59 Å². The van der Waals surface area contributed by atoms with E-state index in [0.29, 0.717) is 42.5 Å². The Morgan fingerprint density at radius 3 is 2.28 bits per heavy atom. The zero-order valence-corrected chi connectivity index (χ0v) is 26.5. The zero-order chi connectivity index (χ0) is 33.2. The number of benzene rings is 4. The molecule has 1 aliphatic heterocycles. The van der Waals surface area contributed by atoms with E-state index in [4.69, 9.17) is 14.2 Å². The normalized spacial score (nSPS) is 15.6. The molecule has 4 aromatic carbocycles. The number of rotatable bonds is 13. The molecule has 2 unspecified atom stereocenters. The summed E-state index contributed by atoms with van der Waals surface area (Å²) in [6.07, 6.45) is 1.56. The van der Waals surface area contributed by atoms with Crippen LogP contribution >= 0.6 is 0 Å². The number of anilines is 2. The molecular formula is C37H39N3O7. The van der Waals surface area contributed by atoms with E-state index in [0.717, 1.165) is 23.1 Å². The number of carboxylic acids is 1. The standard InChI is InChI=1S/C37H39N3O7/c1-25-9-6-7-14-32(25)38-37(44)39-33-18-15-27(19-34(33)45-2)20-35(41)40-29(23-46-22-26-10-4-3-5-11-26)16-17-30(40)24-47-31-13-8-12-28(21-31)36(42)43/h3-15,18-19,21,29-30H,16-17,20,22-24H2,1-2H3,(H,42,43)(H2,38,39,44). The smallest absolute Gasteiger partial charge is 0.335 e. The Bertz CT molecular complexity index is 1690. The van der Waals surface area contributed by atoms with Gasteiger partial charge in [0.25, 0.3) is 0 Å². The topological polar surface area (TPSA) is 126 Å². The maximum atomic E-state index is 13.9. The van der Waals surface area contributed by atoms with Gasteiger partial charge in [-0.2, -0.15) is 0 Å². The first-order valence-corrected chi connectivity index (χ1v) is 15.5. The minimum Gasteiger partial charge on any atom is -0.495 e. The molecule has 0 aliphatic carbocycles. The summed E-state index contributed by atoms with van der Waals surface area (Å²) in [6.45, 7) is 2.93. The van der Waals surface area contributed by atoms with Gasteiger partial charge in [-0.15, -0.1) is 0 Å². The number of amides is 3. The lowest BCUT2D eigenvalue weighted by atomic mass is 10.1. The fourth-order valence-corrected chi connectivity index (χ4v) is 5.70. The summed E-state index contributed by atoms with van der Waals surface area (Å²) >= 11 is 0. The minimum atomic E-state index is -1.03. The van der Waals surface area contributed by atoms with E-state index in [-0.39, 0.29) is 36.6 Å². The van der Waals surface area contributed by atoms with Gasteiger partial charge in [0, 0.05) is 5.69 Å². The van der Waals surface area contributed by atoms with Crippen LogP contribution in [0.15, 0.2) is 97.1 Å². The van der Waals surface area contributed by atoms with Gasteiger partial charge in [0.2, 0.25) is 5.91 Å². The molecule has 4 aromatic rings. The number of carbonyl (C=O) groups excluding carboxylic acids is 2. The summed E-state index contributed by atoms with van der Waals surface area (Å²) in [6, 6.07) is 28.2. The van der Waals surface area contributed by atoms with E-state index in [2.05, 4.69) is 10.6 Å². The van der Waals surface area contributed by atoms with Crippen LogP contribution in [0.2, 0.25) is 0 Å². The van der Waals surface area contributed by atoms with E-state index in [9.17, 15) is 19.5 Å². The summed E-state index contributed by atoms with van der Waals surface area (Å²) in [7, 11) is 1.51. The van der Waals surface area contributed by atoms with Crippen molar-refractivity contribution in [3.63, 3.8) is 0 Å². The third-order valence-corrected chi connectivity index (χ3v) is 8.12. The molecule has 0 saturated carbocycles. The molecule has 0 aromatic heterocycles. The molecule has 1 aliphatic rings. The Morgan fingerprint density at radius 2 is 1.53 bits per heavy atom. The van der Waals surface area contributed by atoms with Crippen molar-refractivity contribution < 1.29 is 33.7 Å². The van der Waals surface area contributed by atoms with Crippen molar-refractivity contribution in [1.29, 1.82) is 0 Å². The number of nitrogens with zero attached hydrogens (tertiary/aromatic N) is 1. The van der Waals surface area contributed by atoms with Crippen LogP contribution in [0, 0.1) is 6.92 Å². The summed E-state index contributed by atoms with van der Waals surface area (Å²) in [5.74, 6) is -0.269. The first kappa shape index (κ1) is 33.0. The summed E-state index contributed by atoms with van der Waals surface area (Å²) < 4.78 is 17.6. The Labute approximate surface area is 274 Å². The fourth-order valence-electron chi connectivity index (χ4n) is 5.70. The largest absolute Gasteiger partial charge is 0.495 e. The molecule has 3 amide bonds. The number of carbonyl (C=O) groups is 3. The highest BCUT2D eigenvalue weighted by Crippen LogP contribution is 2.30. The highest BCUT2D eigenvalue weighted by Gasteiger charge is 2.37. The van der Waals surface area contributed by atoms with Crippen molar-refractivity contribution in [2.24, 2.45) is 0 Å². The van der Waals surface area contributed by atoms with Gasteiger partial charge >= 0.3 is 12.0 Å². The first-order valence-electron chi connectivity index (χ1n) is 15.5. The quantitative estimate of drug-likeness (QED) is 0.152. The Balaban J connectivity index is 1.27. The van der Waals surface area contributed by atoms with Gasteiger partial charge in [-0.1, -0.05) is 60.7 Å². The Kier molecular flexibility index (Phi) is 11.1. The molecule has 3 N–H and O–H groups in total. The number of ether oxygens (including phenoxy) is 3. The van der Waals surface area contributed by atoms with Gasteiger partial charge in [0.1, 0.15) is 18.1 Å². The molecule has 0 spiro atoms. The number of carboxylic acid groups (broad SMARTS) is 1. The summed E-state index contributed by atoms with van der Waals surface area (Å²) in [4.78, 5) is 39.9. The van der Waals surface area contributed by atoms with Crippen LogP contribution in [0.1, 0.15) is 39.9 Å². The number of aromatic carboxylic acids is 1. The van der Waals surface area contributed by atoms with Crippen LogP contribution in [-0.2, 0) is 22.6 Å². The van der Waals surface area contributed by atoms with Crippen molar-refractivity contribution in [2.75, 3.05) is 31.0 Å². The van der Waals surface area contributed by atoms with Crippen molar-refractivity contribution in [3.8, 4) is 11.5 Å². The maximum Gasteiger partial charge on any atom is 0.335 e. The van der Waals surface area contributed by atoms with Crippen LogP contribution in [0.25, 0.3) is 0 Å². The number of hydrogen-bond donors (Lipinski definition) is 3. The van der Waals surface area contributed by atoms with Gasteiger partial charge in [0.05, 0.1) is 50.1 Å². The van der Waals surface area contributed by atoms with Crippen LogP contribution in [-0.4, -0.2) is 60.3 Å². The van der Waals surface area contributed by atoms with Gasteiger partial charge in [-0.05, 0) is 72.9 Å². The number of methoxy groups -OCH3 is 1. The van der Waals surface area contributed by atoms with Crippen LogP contribution in [0.3, 0.4) is 0 Å². The molecule has 2 atom stereocenters. The van der Waals surface area contributed by atoms with Gasteiger partial charge in [-0.3, -0.25) is 4.79 Å². The second kappa shape index (κ2) is 15.8. The fraction of sp³-hybridized carbons (Fsp3) is 0.270. The SMILES string of the molecule is COc1cc(CC(=O)N2C(COCc3ccccc3)CCC2COc2cccc(C(=O)O)c2)ccc1NC(=O)Nc1ccccc1C. The number of urea groups is 1. The van der Waals surface area contributed by atoms with Gasteiger partial charge < -0.3 is 34.9 Å². The molecule has 1 heterocycles. The Hall–Kier alpha value is -5.35. The predicted molar refractivity (Wildman–Crippen MR) is 179 cm³/mol. The Morgan fingerprint density at radius 1 is 0.809 bits per heavy atom. The van der Waals surface area contributed by atoms with Crippen LogP contribution in [0.4, 0.5) is 16.2 Å². The second-order valence-corrected chi connectivity index (χ2v) is 11.4. The summed E-state index contributed by atoms with van der Waals surface area (Å²) in [5.41, 5.74) is 4.02. The number of nitrogens with one attached hydrogen (secondary N) is 2. The van der Waals surface area contributed by atoms with Gasteiger partial charge in [0.15, 0.2) is 0 Å². The van der Waals surface area contributed by atoms with E-state index >= 15 is 0 Å². The lowest BCUT2D eigenvalue weighted by Gasteiger charge is -2.30. The minimum absolute atomic E-state index is 0.0937. The number of hydrogen-bond acceptors (Lipinski definition) is 6. The molecule has 10 heteroatoms. The van der Waals surface area contributed by atoms with E-state index in [1.165, 1.54) is 19.2 Å². The number of likely N-dealkylation sites (tertiary alicyclic amines) is 1. The van der Waals surface area contributed by atoms with Crippen LogP contribution < -0.4 is 20.1 Å². The van der Waals surface area contributed by atoms with Crippen LogP contribution in [0.5, 0.6) is 11.5 Å². The highest BCUT2D eigenvalue weighted by atomic mass is 16.5. The molecule has 1 fully saturated rings. The monoisotopic (exact) mass is 637 g/mol. The molecule has 1 saturated heterocycles. The number of aryl methyl sites for hydroxylation is 1. The second-order valence-electron chi connectivity index (χ2n) is 11.4. The third-order valence-electron chi connectivity index (χ3n) is 8.12. The third kappa shape index (κ3) is 8.89. The molecule has 244 valence electrons. The molecule has 0 radical (unpaired) electrons. The molecule has 0 bridgehead atoms. The van der Waals surface area contributed by atoms with Crippen molar-refractivity contribution in [3.05, 3.63) is 119 Å². The molecular weight excluding hydrogens is 598 g/mol. The zero-order valence-electron chi connectivity index (χ0n) is 26.5. The first-order chi connectivity index (χ1) is 22.8. The molecule has 47 heavy (non-hydrogen) atoms. The van der Waals surface area contributed by atoms with E-state index in [1.54, 1.807) is 30.3 Å². The molecule has 5 rings (SSSR count).